The first-order valence-corrected chi connectivity index (χ1v) is 11.4. The third-order valence-corrected chi connectivity index (χ3v) is 6.65. The zero-order valence-electron chi connectivity index (χ0n) is 16.9. The quantitative estimate of drug-likeness (QED) is 0.290. The monoisotopic (exact) mass is 476 g/mol. The van der Waals surface area contributed by atoms with Gasteiger partial charge in [0.1, 0.15) is 9.71 Å². The van der Waals surface area contributed by atoms with Gasteiger partial charge >= 0.3 is 6.18 Å². The second-order valence-electron chi connectivity index (χ2n) is 6.90. The number of halogens is 3. The number of nitrogens with zero attached hydrogens (tertiary/aromatic N) is 1. The second kappa shape index (κ2) is 9.27. The van der Waals surface area contributed by atoms with Gasteiger partial charge in [-0.1, -0.05) is 12.1 Å². The van der Waals surface area contributed by atoms with Gasteiger partial charge in [0, 0.05) is 24.2 Å². The van der Waals surface area contributed by atoms with Crippen molar-refractivity contribution in [2.75, 3.05) is 30.8 Å². The van der Waals surface area contributed by atoms with Gasteiger partial charge in [-0.3, -0.25) is 4.79 Å². The van der Waals surface area contributed by atoms with Crippen LogP contribution >= 0.6 is 22.7 Å². The molecule has 0 atom stereocenters. The fourth-order valence-corrected chi connectivity index (χ4v) is 4.89. The highest BCUT2D eigenvalue weighted by molar-refractivity contribution is 7.21. The van der Waals surface area contributed by atoms with Crippen LogP contribution in [0.2, 0.25) is 0 Å². The normalized spacial score (nSPS) is 11.6. The number of likely N-dealkylation sites (N-methyl/N-ethyl adjacent to an activating group) is 1. The Morgan fingerprint density at radius 1 is 1.09 bits per heavy atom. The number of fused-ring (bicyclic) bond motifs is 1. The molecule has 0 fully saturated rings. The van der Waals surface area contributed by atoms with Crippen molar-refractivity contribution in [3.8, 4) is 10.6 Å². The fourth-order valence-electron chi connectivity index (χ4n) is 3.15. The summed E-state index contributed by atoms with van der Waals surface area (Å²) in [5.41, 5.74) is 0.687. The van der Waals surface area contributed by atoms with Gasteiger partial charge in [-0.15, -0.1) is 22.7 Å². The Hall–Kier alpha value is -2.95. The number of pyridine rings is 1. The maximum atomic E-state index is 13.0. The summed E-state index contributed by atoms with van der Waals surface area (Å²) < 4.78 is 39.1. The van der Waals surface area contributed by atoms with E-state index in [0.29, 0.717) is 28.5 Å². The van der Waals surface area contributed by atoms with Crippen LogP contribution in [0.25, 0.3) is 20.8 Å². The molecule has 0 saturated heterocycles. The van der Waals surface area contributed by atoms with Crippen LogP contribution in [0.3, 0.4) is 0 Å². The maximum absolute atomic E-state index is 13.0. The summed E-state index contributed by atoms with van der Waals surface area (Å²) >= 11 is 2.78. The molecule has 3 N–H and O–H groups in total. The molecular formula is C22H19F3N4OS2. The number of thiophene rings is 2. The number of rotatable bonds is 7. The Kier molecular flexibility index (Phi) is 6.45. The number of benzene rings is 1. The average molecular weight is 477 g/mol. The predicted octanol–water partition coefficient (Wildman–Crippen LogP) is 5.93. The molecule has 0 bridgehead atoms. The van der Waals surface area contributed by atoms with Crippen molar-refractivity contribution in [3.05, 3.63) is 64.4 Å². The standard InChI is InChI=1S/C22H19F3N4OS2/c1-26-9-10-27-18-15-7-8-16(17-6-3-11-31-17)29-21(15)32-19(18)20(30)28-14-5-2-4-13(12-14)22(23,24)25/h2-8,11-12,26-27H,9-10H2,1H3,(H,28,30). The molecule has 166 valence electrons. The summed E-state index contributed by atoms with van der Waals surface area (Å²) in [6.45, 7) is 1.24. The lowest BCUT2D eigenvalue weighted by molar-refractivity contribution is -0.137. The number of carbonyl (C=O) groups excluding carboxylic acids is 1. The lowest BCUT2D eigenvalue weighted by atomic mass is 10.2. The van der Waals surface area contributed by atoms with Gasteiger partial charge < -0.3 is 16.0 Å². The zero-order chi connectivity index (χ0) is 22.7. The zero-order valence-corrected chi connectivity index (χ0v) is 18.5. The van der Waals surface area contributed by atoms with Gasteiger partial charge in [0.25, 0.3) is 5.91 Å². The van der Waals surface area contributed by atoms with Crippen LogP contribution in [0.4, 0.5) is 24.5 Å². The third kappa shape index (κ3) is 4.77. The summed E-state index contributed by atoms with van der Waals surface area (Å²) in [6.07, 6.45) is -4.49. The van der Waals surface area contributed by atoms with E-state index in [2.05, 4.69) is 16.0 Å². The van der Waals surface area contributed by atoms with Crippen molar-refractivity contribution in [3.63, 3.8) is 0 Å². The number of aromatic nitrogens is 1. The second-order valence-corrected chi connectivity index (χ2v) is 8.84. The minimum atomic E-state index is -4.49. The topological polar surface area (TPSA) is 66.0 Å². The lowest BCUT2D eigenvalue weighted by Gasteiger charge is -2.11. The van der Waals surface area contributed by atoms with E-state index in [1.807, 2.05) is 36.7 Å². The van der Waals surface area contributed by atoms with Gasteiger partial charge in [-0.25, -0.2) is 4.98 Å². The maximum Gasteiger partial charge on any atom is 0.416 e. The van der Waals surface area contributed by atoms with E-state index >= 15 is 0 Å². The Labute approximate surface area is 190 Å². The summed E-state index contributed by atoms with van der Waals surface area (Å²) in [5, 5.41) is 11.7. The van der Waals surface area contributed by atoms with Crippen molar-refractivity contribution in [1.29, 1.82) is 0 Å². The largest absolute Gasteiger partial charge is 0.416 e. The molecule has 0 aliphatic rings. The highest BCUT2D eigenvalue weighted by Gasteiger charge is 2.30. The third-order valence-electron chi connectivity index (χ3n) is 4.66. The van der Waals surface area contributed by atoms with Crippen molar-refractivity contribution in [2.45, 2.75) is 6.18 Å². The fraction of sp³-hybridized carbons (Fsp3) is 0.182. The van der Waals surface area contributed by atoms with E-state index in [-0.39, 0.29) is 5.69 Å². The molecule has 32 heavy (non-hydrogen) atoms. The molecule has 10 heteroatoms. The average Bonchev–Trinajstić information content (AvgIpc) is 3.41. The van der Waals surface area contributed by atoms with Gasteiger partial charge in [0.2, 0.25) is 0 Å². The molecule has 1 amide bonds. The number of hydrogen-bond acceptors (Lipinski definition) is 6. The Bertz CT molecular complexity index is 1240. The number of nitrogens with one attached hydrogen (secondary N) is 3. The molecule has 3 aromatic heterocycles. The molecule has 4 aromatic rings. The van der Waals surface area contributed by atoms with Crippen LogP contribution in [0, 0.1) is 0 Å². The summed E-state index contributed by atoms with van der Waals surface area (Å²) in [4.78, 5) is 19.8. The molecule has 0 radical (unpaired) electrons. The van der Waals surface area contributed by atoms with Crippen LogP contribution in [-0.4, -0.2) is 31.0 Å². The lowest BCUT2D eigenvalue weighted by Crippen LogP contribution is -2.19. The molecule has 4 rings (SSSR count). The highest BCUT2D eigenvalue weighted by atomic mass is 32.1. The first-order valence-electron chi connectivity index (χ1n) is 9.71. The Balaban J connectivity index is 1.69. The summed E-state index contributed by atoms with van der Waals surface area (Å²) in [6, 6.07) is 12.3. The molecular weight excluding hydrogens is 457 g/mol. The molecule has 0 saturated carbocycles. The van der Waals surface area contributed by atoms with E-state index in [9.17, 15) is 18.0 Å². The smallest absolute Gasteiger partial charge is 0.382 e. The minimum absolute atomic E-state index is 0.0793. The number of anilines is 2. The van der Waals surface area contributed by atoms with Crippen LogP contribution in [0.1, 0.15) is 15.2 Å². The van der Waals surface area contributed by atoms with E-state index in [1.54, 1.807) is 11.3 Å². The SMILES string of the molecule is CNCCNc1c(C(=O)Nc2cccc(C(F)(F)F)c2)sc2nc(-c3cccs3)ccc12. The number of hydrogen-bond donors (Lipinski definition) is 3. The first-order chi connectivity index (χ1) is 15.4. The van der Waals surface area contributed by atoms with Crippen molar-refractivity contribution in [1.82, 2.24) is 10.3 Å². The van der Waals surface area contributed by atoms with Gasteiger partial charge in [0.15, 0.2) is 0 Å². The van der Waals surface area contributed by atoms with Gasteiger partial charge in [-0.2, -0.15) is 13.2 Å². The number of alkyl halides is 3. The number of amides is 1. The number of carbonyl (C=O) groups is 1. The van der Waals surface area contributed by atoms with E-state index in [4.69, 9.17) is 4.98 Å². The highest BCUT2D eigenvalue weighted by Crippen LogP contribution is 2.37. The van der Waals surface area contributed by atoms with Crippen molar-refractivity contribution in [2.24, 2.45) is 0 Å². The molecule has 0 spiro atoms. The van der Waals surface area contributed by atoms with Crippen molar-refractivity contribution < 1.29 is 18.0 Å². The molecule has 0 unspecified atom stereocenters. The van der Waals surface area contributed by atoms with Crippen molar-refractivity contribution >= 4 is 50.2 Å². The molecule has 0 aliphatic carbocycles. The molecule has 1 aromatic carbocycles. The Morgan fingerprint density at radius 2 is 1.94 bits per heavy atom. The molecule has 3 heterocycles. The van der Waals surface area contributed by atoms with Crippen LogP contribution in [0.5, 0.6) is 0 Å². The van der Waals surface area contributed by atoms with Gasteiger partial charge in [0.05, 0.1) is 21.8 Å². The van der Waals surface area contributed by atoms with Crippen LogP contribution in [0.15, 0.2) is 53.9 Å². The van der Waals surface area contributed by atoms with Gasteiger partial charge in [-0.05, 0) is 48.8 Å². The minimum Gasteiger partial charge on any atom is -0.382 e. The first kappa shape index (κ1) is 22.3. The summed E-state index contributed by atoms with van der Waals surface area (Å²) in [7, 11) is 1.82. The molecule has 0 aliphatic heterocycles. The molecule has 5 nitrogen and oxygen atoms in total. The van der Waals surface area contributed by atoms with Crippen LogP contribution < -0.4 is 16.0 Å². The van der Waals surface area contributed by atoms with E-state index in [1.165, 1.54) is 23.5 Å². The van der Waals surface area contributed by atoms with Crippen LogP contribution in [-0.2, 0) is 6.18 Å². The van der Waals surface area contributed by atoms with E-state index in [0.717, 1.165) is 28.1 Å². The predicted molar refractivity (Wildman–Crippen MR) is 125 cm³/mol. The summed E-state index contributed by atoms with van der Waals surface area (Å²) in [5.74, 6) is -0.489. The Morgan fingerprint density at radius 3 is 2.66 bits per heavy atom. The van der Waals surface area contributed by atoms with E-state index < -0.39 is 17.6 Å².